The first kappa shape index (κ1) is 103. The summed E-state index contributed by atoms with van der Waals surface area (Å²) in [6.07, 6.45) is 98.4. The molecule has 0 aromatic heterocycles. The van der Waals surface area contributed by atoms with E-state index < -0.39 is 91.5 Å². The van der Waals surface area contributed by atoms with Gasteiger partial charge in [-0.1, -0.05) is 354 Å². The fourth-order valence-electron chi connectivity index (χ4n) is 11.7. The highest BCUT2D eigenvalue weighted by Crippen LogP contribution is 2.45. The molecule has 0 saturated heterocycles. The summed E-state index contributed by atoms with van der Waals surface area (Å²) in [7, 11) is -9.78. The summed E-state index contributed by atoms with van der Waals surface area (Å²) in [5.74, 6) is -1.57. The number of hydrogen-bond donors (Lipinski definition) is 4. The molecule has 618 valence electrons. The molecule has 0 radical (unpaired) electrons. The van der Waals surface area contributed by atoms with Crippen molar-refractivity contribution in [3.8, 4) is 0 Å². The first-order chi connectivity index (χ1) is 52.2. The molecule has 0 spiro atoms. The molecule has 0 amide bonds. The number of phosphoric ester groups is 2. The van der Waals surface area contributed by atoms with Crippen molar-refractivity contribution in [2.24, 2.45) is 0 Å². The number of ether oxygens (including phenoxy) is 3. The predicted octanol–water partition coefficient (Wildman–Crippen LogP) is 25.7. The standard InChI is InChI=1S/C89H156O16P2/c1-4-7-10-13-16-19-22-24-26-28-30-32-34-36-38-39-40-41-42-43-45-47-48-50-52-54-56-58-61-63-66-69-72-75-87(92)99-78-84(90)79-101-106(95,96)102-80-85(91)81-103-107(97,98)104-83-86(105-89(94)77-74-71-68-65-60-21-18-15-12-9-6-3)82-100-88(93)76-73-70-67-64-62-59-57-55-53-51-49-46-44-37-35-33-31-29-27-25-23-20-17-14-11-8-5-2/h8,11,16-17,19-20,24-27,30-33,36-38,44,49,51,84-86,90-91H,4-7,9-10,12-15,18,21-23,28-29,34-35,39-43,45-48,50,52-83H2,1-3H3,(H,95,96)(H,97,98)/b11-8-,19-16-,20-17-,26-24-,27-25-,32-30-,33-31-,38-36-,44-37-,51-49-. The fourth-order valence-corrected chi connectivity index (χ4v) is 13.3. The Balaban J connectivity index is 4.38. The van der Waals surface area contributed by atoms with Gasteiger partial charge in [0, 0.05) is 19.3 Å². The molecule has 0 bridgehead atoms. The van der Waals surface area contributed by atoms with E-state index in [0.717, 1.165) is 135 Å². The number of unbranched alkanes of at least 4 members (excludes halogenated alkanes) is 38. The van der Waals surface area contributed by atoms with E-state index in [9.17, 15) is 43.5 Å². The second-order valence-electron chi connectivity index (χ2n) is 28.6. The largest absolute Gasteiger partial charge is 0.472 e. The molecule has 107 heavy (non-hydrogen) atoms. The summed E-state index contributed by atoms with van der Waals surface area (Å²) in [5, 5.41) is 20.7. The Bertz CT molecular complexity index is 2430. The minimum absolute atomic E-state index is 0.104. The Morgan fingerprint density at radius 1 is 0.271 bits per heavy atom. The number of allylic oxidation sites excluding steroid dienone is 20. The zero-order valence-corrected chi connectivity index (χ0v) is 69.6. The van der Waals surface area contributed by atoms with E-state index in [1.165, 1.54) is 173 Å². The Labute approximate surface area is 653 Å². The van der Waals surface area contributed by atoms with Gasteiger partial charge in [-0.15, -0.1) is 0 Å². The van der Waals surface area contributed by atoms with Gasteiger partial charge in [0.05, 0.1) is 26.4 Å². The van der Waals surface area contributed by atoms with Crippen LogP contribution in [0.5, 0.6) is 0 Å². The van der Waals surface area contributed by atoms with Gasteiger partial charge in [0.25, 0.3) is 0 Å². The van der Waals surface area contributed by atoms with E-state index in [4.69, 9.17) is 32.3 Å². The van der Waals surface area contributed by atoms with Crippen LogP contribution in [0.25, 0.3) is 0 Å². The topological polar surface area (TPSA) is 231 Å². The highest BCUT2D eigenvalue weighted by atomic mass is 31.2. The molecule has 5 unspecified atom stereocenters. The normalized spacial score (nSPS) is 14.5. The molecule has 5 atom stereocenters. The molecule has 18 heteroatoms. The van der Waals surface area contributed by atoms with Crippen molar-refractivity contribution in [3.63, 3.8) is 0 Å². The molecule has 4 N–H and O–H groups in total. The molecule has 0 aliphatic rings. The van der Waals surface area contributed by atoms with Crippen LogP contribution in [0, 0.1) is 0 Å². The predicted molar refractivity (Wildman–Crippen MR) is 445 cm³/mol. The smallest absolute Gasteiger partial charge is 0.463 e. The molecule has 0 fully saturated rings. The van der Waals surface area contributed by atoms with Crippen LogP contribution in [0.3, 0.4) is 0 Å². The third kappa shape index (κ3) is 82.7. The van der Waals surface area contributed by atoms with Crippen molar-refractivity contribution < 1.29 is 75.8 Å². The van der Waals surface area contributed by atoms with Gasteiger partial charge in [-0.2, -0.15) is 0 Å². The van der Waals surface area contributed by atoms with Crippen LogP contribution in [0.2, 0.25) is 0 Å². The van der Waals surface area contributed by atoms with E-state index in [-0.39, 0.29) is 19.3 Å². The molecular formula is C89H156O16P2. The lowest BCUT2D eigenvalue weighted by atomic mass is 10.0. The summed E-state index contributed by atoms with van der Waals surface area (Å²) in [6.45, 7) is 2.56. The first-order valence-electron chi connectivity index (χ1n) is 42.8. The summed E-state index contributed by atoms with van der Waals surface area (Å²) in [6, 6.07) is 0. The van der Waals surface area contributed by atoms with Gasteiger partial charge in [0.1, 0.15) is 25.4 Å². The van der Waals surface area contributed by atoms with Crippen molar-refractivity contribution in [3.05, 3.63) is 122 Å². The van der Waals surface area contributed by atoms with Gasteiger partial charge in [0.15, 0.2) is 6.10 Å². The Hall–Kier alpha value is -4.05. The Morgan fingerprint density at radius 2 is 0.495 bits per heavy atom. The second kappa shape index (κ2) is 81.4. The van der Waals surface area contributed by atoms with Crippen LogP contribution >= 0.6 is 15.6 Å². The first-order valence-corrected chi connectivity index (χ1v) is 45.8. The third-order valence-electron chi connectivity index (χ3n) is 18.2. The molecule has 0 aliphatic carbocycles. The molecule has 0 heterocycles. The highest BCUT2D eigenvalue weighted by molar-refractivity contribution is 7.47. The van der Waals surface area contributed by atoms with Crippen molar-refractivity contribution in [1.29, 1.82) is 0 Å². The molecule has 0 saturated carbocycles. The molecule has 0 aromatic rings. The van der Waals surface area contributed by atoms with E-state index >= 15 is 0 Å². The number of esters is 3. The van der Waals surface area contributed by atoms with E-state index in [0.29, 0.717) is 19.3 Å². The zero-order chi connectivity index (χ0) is 78.0. The van der Waals surface area contributed by atoms with Crippen LogP contribution in [-0.4, -0.2) is 95.9 Å². The van der Waals surface area contributed by atoms with Crippen molar-refractivity contribution in [1.82, 2.24) is 0 Å². The van der Waals surface area contributed by atoms with Gasteiger partial charge in [-0.25, -0.2) is 9.13 Å². The Kier molecular flexibility index (Phi) is 78.4. The summed E-state index contributed by atoms with van der Waals surface area (Å²) < 4.78 is 61.2. The summed E-state index contributed by atoms with van der Waals surface area (Å²) >= 11 is 0. The summed E-state index contributed by atoms with van der Waals surface area (Å²) in [5.41, 5.74) is 0. The molecular weight excluding hydrogens is 1390 g/mol. The van der Waals surface area contributed by atoms with Gasteiger partial charge >= 0.3 is 33.6 Å². The molecule has 16 nitrogen and oxygen atoms in total. The molecule has 0 rings (SSSR count). The maximum atomic E-state index is 12.9. The maximum Gasteiger partial charge on any atom is 0.472 e. The third-order valence-corrected chi connectivity index (χ3v) is 20.1. The van der Waals surface area contributed by atoms with Crippen molar-refractivity contribution in [2.75, 3.05) is 39.6 Å². The molecule has 0 aliphatic heterocycles. The number of phosphoric acid groups is 2. The lowest BCUT2D eigenvalue weighted by molar-refractivity contribution is -0.161. The quantitative estimate of drug-likeness (QED) is 0.0146. The number of rotatable bonds is 81. The zero-order valence-electron chi connectivity index (χ0n) is 67.8. The summed E-state index contributed by atoms with van der Waals surface area (Å²) in [4.78, 5) is 58.7. The van der Waals surface area contributed by atoms with Crippen LogP contribution in [-0.2, 0) is 55.8 Å². The number of hydrogen-bond acceptors (Lipinski definition) is 14. The van der Waals surface area contributed by atoms with Crippen molar-refractivity contribution in [2.45, 2.75) is 386 Å². The number of aliphatic hydroxyl groups is 2. The second-order valence-corrected chi connectivity index (χ2v) is 31.5. The number of carbonyl (C=O) groups is 3. The van der Waals surface area contributed by atoms with Crippen LogP contribution < -0.4 is 0 Å². The highest BCUT2D eigenvalue weighted by Gasteiger charge is 2.29. The SMILES string of the molecule is CC/C=C\C/C=C\C/C=C\C/C=C\C/C=C\C/C=C\CCCCCCCCCCC(=O)OCC(COP(=O)(O)OCC(O)COP(=O)(O)OCC(O)COC(=O)CCCCCCCCCCCCCCCCCCC/C=C\C/C=C\C/C=C\C/C=C\CCCCC)OC(=O)CCCCCCCCCCCCC. The number of carbonyl (C=O) groups excluding carboxylic acids is 3. The lowest BCUT2D eigenvalue weighted by Gasteiger charge is -2.21. The fraction of sp³-hybridized carbons (Fsp3) is 0.742. The van der Waals surface area contributed by atoms with Crippen LogP contribution in [0.4, 0.5) is 0 Å². The minimum atomic E-state index is -4.93. The molecule has 0 aromatic carbocycles. The lowest BCUT2D eigenvalue weighted by Crippen LogP contribution is -2.30. The van der Waals surface area contributed by atoms with E-state index in [1.807, 2.05) is 0 Å². The maximum absolute atomic E-state index is 12.9. The average molecular weight is 1540 g/mol. The van der Waals surface area contributed by atoms with Gasteiger partial charge in [-0.05, 0) is 116 Å². The van der Waals surface area contributed by atoms with Gasteiger partial charge in [-0.3, -0.25) is 32.5 Å². The minimum Gasteiger partial charge on any atom is -0.463 e. The van der Waals surface area contributed by atoms with Crippen LogP contribution in [0.15, 0.2) is 122 Å². The average Bonchev–Trinajstić information content (AvgIpc) is 0.905. The van der Waals surface area contributed by atoms with Gasteiger partial charge < -0.3 is 34.2 Å². The van der Waals surface area contributed by atoms with Gasteiger partial charge in [0.2, 0.25) is 0 Å². The monoisotopic (exact) mass is 1540 g/mol. The van der Waals surface area contributed by atoms with E-state index in [2.05, 4.69) is 142 Å². The Morgan fingerprint density at radius 3 is 0.804 bits per heavy atom. The van der Waals surface area contributed by atoms with Crippen LogP contribution in [0.1, 0.15) is 367 Å². The van der Waals surface area contributed by atoms with Crippen molar-refractivity contribution >= 4 is 33.6 Å². The van der Waals surface area contributed by atoms with E-state index in [1.54, 1.807) is 0 Å². The number of aliphatic hydroxyl groups excluding tert-OH is 2.